The molecule has 0 aliphatic heterocycles. The molecule has 3 nitrogen and oxygen atoms in total. The van der Waals surface area contributed by atoms with Crippen LogP contribution in [0.5, 0.6) is 0 Å². The van der Waals surface area contributed by atoms with Gasteiger partial charge in [-0.05, 0) is 6.92 Å². The largest absolute Gasteiger partial charge is 0.462 e. The zero-order valence-corrected chi connectivity index (χ0v) is 4.10. The van der Waals surface area contributed by atoms with Crippen molar-refractivity contribution in [1.82, 2.24) is 0 Å². The summed E-state index contributed by atoms with van der Waals surface area (Å²) in [4.78, 5) is 9.39. The van der Waals surface area contributed by atoms with E-state index in [2.05, 4.69) is 4.74 Å². The van der Waals surface area contributed by atoms with E-state index in [0.29, 0.717) is 12.2 Å². The summed E-state index contributed by atoms with van der Waals surface area (Å²) in [7, 11) is 0. The highest BCUT2D eigenvalue weighted by Gasteiger charge is 1.81. The molecule has 0 saturated carbocycles. The van der Waals surface area contributed by atoms with Crippen molar-refractivity contribution in [3.05, 3.63) is 0 Å². The lowest BCUT2D eigenvalue weighted by Gasteiger charge is -1.89. The maximum absolute atomic E-state index is 9.39. The zero-order valence-electron chi connectivity index (χ0n) is 4.10. The quantitative estimate of drug-likeness (QED) is 0.407. The van der Waals surface area contributed by atoms with E-state index in [0.717, 1.165) is 0 Å². The van der Waals surface area contributed by atoms with Crippen LogP contribution in [0.3, 0.4) is 0 Å². The molecule has 0 spiro atoms. The molecule has 0 saturated heterocycles. The summed E-state index contributed by atoms with van der Waals surface area (Å²) in [5, 5.41) is 6.71. The third-order valence-corrected chi connectivity index (χ3v) is 0.368. The SMILES string of the molecule is CC(=N)COC=O. The lowest BCUT2D eigenvalue weighted by Crippen LogP contribution is -2.00. The highest BCUT2D eigenvalue weighted by Crippen LogP contribution is 1.68. The van der Waals surface area contributed by atoms with Gasteiger partial charge in [0.25, 0.3) is 6.47 Å². The van der Waals surface area contributed by atoms with Crippen LogP contribution in [0.1, 0.15) is 6.92 Å². The molecule has 0 radical (unpaired) electrons. The number of carbonyl (C=O) groups is 1. The number of carbonyl (C=O) groups excluding carboxylic acids is 1. The van der Waals surface area contributed by atoms with E-state index in [4.69, 9.17) is 5.41 Å². The van der Waals surface area contributed by atoms with Gasteiger partial charge in [0.15, 0.2) is 0 Å². The minimum atomic E-state index is 0.115. The Morgan fingerprint density at radius 1 is 2.00 bits per heavy atom. The fourth-order valence-electron chi connectivity index (χ4n) is 0.159. The van der Waals surface area contributed by atoms with Crippen molar-refractivity contribution < 1.29 is 9.53 Å². The van der Waals surface area contributed by atoms with Crippen LogP contribution >= 0.6 is 0 Å². The average Bonchev–Trinajstić information content (AvgIpc) is 1.61. The lowest BCUT2D eigenvalue weighted by atomic mass is 10.5. The first kappa shape index (κ1) is 6.14. The maximum atomic E-state index is 9.39. The first-order valence-electron chi connectivity index (χ1n) is 1.86. The number of hydrogen-bond acceptors (Lipinski definition) is 3. The van der Waals surface area contributed by atoms with Crippen LogP contribution in [-0.4, -0.2) is 18.8 Å². The zero-order chi connectivity index (χ0) is 5.70. The van der Waals surface area contributed by atoms with Crippen LogP contribution in [0.4, 0.5) is 0 Å². The molecule has 0 amide bonds. The molecular weight excluding hydrogens is 94.0 g/mol. The van der Waals surface area contributed by atoms with Gasteiger partial charge in [-0.2, -0.15) is 0 Å². The molecule has 1 N–H and O–H groups in total. The number of nitrogens with one attached hydrogen (secondary N) is 1. The summed E-state index contributed by atoms with van der Waals surface area (Å²) in [6.07, 6.45) is 0. The van der Waals surface area contributed by atoms with Gasteiger partial charge in [-0.3, -0.25) is 4.79 Å². The predicted octanol–water partition coefficient (Wildman–Crippen LogP) is 0.199. The van der Waals surface area contributed by atoms with E-state index in [1.807, 2.05) is 0 Å². The van der Waals surface area contributed by atoms with Gasteiger partial charge < -0.3 is 10.1 Å². The standard InChI is InChI=1S/C4H7NO2/c1-4(5)2-7-3-6/h3,5H,2H2,1H3. The number of ether oxygens (including phenoxy) is 1. The van der Waals surface area contributed by atoms with Gasteiger partial charge in [0, 0.05) is 5.71 Å². The summed E-state index contributed by atoms with van der Waals surface area (Å²) >= 11 is 0. The van der Waals surface area contributed by atoms with Crippen LogP contribution in [-0.2, 0) is 9.53 Å². The van der Waals surface area contributed by atoms with Crippen LogP contribution in [0.15, 0.2) is 0 Å². The van der Waals surface area contributed by atoms with E-state index in [9.17, 15) is 4.79 Å². The summed E-state index contributed by atoms with van der Waals surface area (Å²) in [5.74, 6) is 0. The van der Waals surface area contributed by atoms with Crippen molar-refractivity contribution in [2.24, 2.45) is 0 Å². The summed E-state index contributed by atoms with van der Waals surface area (Å²) in [5.41, 5.74) is 0.354. The summed E-state index contributed by atoms with van der Waals surface area (Å²) < 4.78 is 4.19. The van der Waals surface area contributed by atoms with Crippen LogP contribution in [0.25, 0.3) is 0 Å². The lowest BCUT2D eigenvalue weighted by molar-refractivity contribution is -0.127. The predicted molar refractivity (Wildman–Crippen MR) is 25.4 cm³/mol. The second-order valence-corrected chi connectivity index (χ2v) is 1.19. The molecule has 7 heavy (non-hydrogen) atoms. The highest BCUT2D eigenvalue weighted by atomic mass is 16.5. The highest BCUT2D eigenvalue weighted by molar-refractivity contribution is 5.80. The molecule has 0 atom stereocenters. The molecular formula is C4H7NO2. The Kier molecular flexibility index (Phi) is 2.92. The second kappa shape index (κ2) is 3.33. The van der Waals surface area contributed by atoms with E-state index >= 15 is 0 Å². The van der Waals surface area contributed by atoms with E-state index in [1.54, 1.807) is 6.92 Å². The van der Waals surface area contributed by atoms with Crippen molar-refractivity contribution in [1.29, 1.82) is 5.41 Å². The van der Waals surface area contributed by atoms with Gasteiger partial charge in [0.05, 0.1) is 0 Å². The van der Waals surface area contributed by atoms with Crippen molar-refractivity contribution in [3.63, 3.8) is 0 Å². The van der Waals surface area contributed by atoms with Gasteiger partial charge in [0.1, 0.15) is 6.61 Å². The Labute approximate surface area is 41.8 Å². The molecule has 40 valence electrons. The fraction of sp³-hybridized carbons (Fsp3) is 0.500. The number of rotatable bonds is 3. The van der Waals surface area contributed by atoms with E-state index in [-0.39, 0.29) is 6.61 Å². The first-order chi connectivity index (χ1) is 3.27. The fourth-order valence-corrected chi connectivity index (χ4v) is 0.159. The average molecular weight is 101 g/mol. The smallest absolute Gasteiger partial charge is 0.293 e. The first-order valence-corrected chi connectivity index (χ1v) is 1.86. The van der Waals surface area contributed by atoms with Crippen molar-refractivity contribution in [2.75, 3.05) is 6.61 Å². The molecule has 0 aromatic rings. The Morgan fingerprint density at radius 2 is 2.57 bits per heavy atom. The van der Waals surface area contributed by atoms with E-state index < -0.39 is 0 Å². The third-order valence-electron chi connectivity index (χ3n) is 0.368. The Hall–Kier alpha value is -0.860. The van der Waals surface area contributed by atoms with Crippen LogP contribution in [0, 0.1) is 5.41 Å². The minimum absolute atomic E-state index is 0.115. The van der Waals surface area contributed by atoms with Gasteiger partial charge in [-0.25, -0.2) is 0 Å². The molecule has 0 unspecified atom stereocenters. The maximum Gasteiger partial charge on any atom is 0.293 e. The molecule has 0 aromatic carbocycles. The monoisotopic (exact) mass is 101 g/mol. The van der Waals surface area contributed by atoms with Gasteiger partial charge in [-0.15, -0.1) is 0 Å². The van der Waals surface area contributed by atoms with Crippen LogP contribution < -0.4 is 0 Å². The minimum Gasteiger partial charge on any atom is -0.462 e. The molecule has 0 bridgehead atoms. The van der Waals surface area contributed by atoms with Crippen molar-refractivity contribution >= 4 is 12.2 Å². The van der Waals surface area contributed by atoms with Gasteiger partial charge >= 0.3 is 0 Å². The third kappa shape index (κ3) is 5.14. The number of hydrogen-bond donors (Lipinski definition) is 1. The van der Waals surface area contributed by atoms with Crippen molar-refractivity contribution in [2.45, 2.75) is 6.92 Å². The second-order valence-electron chi connectivity index (χ2n) is 1.19. The Bertz CT molecular complexity index is 79.8. The Morgan fingerprint density at radius 3 is 2.71 bits per heavy atom. The summed E-state index contributed by atoms with van der Waals surface area (Å²) in [6, 6.07) is 0. The normalized spacial score (nSPS) is 7.57. The molecule has 0 heterocycles. The Balaban J connectivity index is 2.97. The topological polar surface area (TPSA) is 50.1 Å². The van der Waals surface area contributed by atoms with Crippen LogP contribution in [0.2, 0.25) is 0 Å². The molecule has 0 rings (SSSR count). The molecule has 0 fully saturated rings. The molecule has 0 aromatic heterocycles. The van der Waals surface area contributed by atoms with Gasteiger partial charge in [0.2, 0.25) is 0 Å². The molecule has 0 aliphatic rings. The van der Waals surface area contributed by atoms with E-state index in [1.165, 1.54) is 0 Å². The molecule has 0 aliphatic carbocycles. The van der Waals surface area contributed by atoms with Crippen molar-refractivity contribution in [3.8, 4) is 0 Å². The van der Waals surface area contributed by atoms with Gasteiger partial charge in [-0.1, -0.05) is 0 Å². The summed E-state index contributed by atoms with van der Waals surface area (Å²) in [6.45, 7) is 2.02. The molecule has 3 heteroatoms.